The van der Waals surface area contributed by atoms with Crippen molar-refractivity contribution >= 4 is 11.6 Å². The van der Waals surface area contributed by atoms with Gasteiger partial charge in [-0.2, -0.15) is 14.0 Å². The summed E-state index contributed by atoms with van der Waals surface area (Å²) in [6, 6.07) is 10.8. The van der Waals surface area contributed by atoms with E-state index in [-0.39, 0.29) is 28.9 Å². The van der Waals surface area contributed by atoms with Crippen LogP contribution in [0.15, 0.2) is 36.4 Å². The molecule has 3 rings (SSSR count). The summed E-state index contributed by atoms with van der Waals surface area (Å²) in [5, 5.41) is 12.2. The van der Waals surface area contributed by atoms with Gasteiger partial charge in [0, 0.05) is 25.6 Å². The van der Waals surface area contributed by atoms with E-state index in [1.807, 2.05) is 11.0 Å². The van der Waals surface area contributed by atoms with Crippen molar-refractivity contribution in [3.05, 3.63) is 53.3 Å². The Bertz CT molecular complexity index is 986. The van der Waals surface area contributed by atoms with Crippen LogP contribution in [-0.4, -0.2) is 39.3 Å². The molecule has 32 heavy (non-hydrogen) atoms. The number of hydrogen-bond acceptors (Lipinski definition) is 5. The lowest BCUT2D eigenvalue weighted by Crippen LogP contribution is -2.41. The largest absolute Gasteiger partial charge is 0.493 e. The summed E-state index contributed by atoms with van der Waals surface area (Å²) in [6.45, 7) is -1.34. The number of ether oxygens (including phenoxy) is 2. The van der Waals surface area contributed by atoms with E-state index in [0.717, 1.165) is 5.56 Å². The van der Waals surface area contributed by atoms with Gasteiger partial charge in [0.1, 0.15) is 11.9 Å². The van der Waals surface area contributed by atoms with E-state index in [1.165, 1.54) is 25.3 Å². The highest BCUT2D eigenvalue weighted by Crippen LogP contribution is 2.30. The summed E-state index contributed by atoms with van der Waals surface area (Å²) >= 11 is 0. The molecule has 1 heterocycles. The van der Waals surface area contributed by atoms with Crippen LogP contribution in [0.3, 0.4) is 0 Å². The third kappa shape index (κ3) is 5.84. The van der Waals surface area contributed by atoms with Crippen LogP contribution in [0, 0.1) is 23.1 Å². The molecule has 0 atom stereocenters. The molecule has 0 spiro atoms. The summed E-state index contributed by atoms with van der Waals surface area (Å²) in [7, 11) is 1.37. The Morgan fingerprint density at radius 2 is 1.97 bits per heavy atom. The summed E-state index contributed by atoms with van der Waals surface area (Å²) in [5.41, 5.74) is 1.79. The van der Waals surface area contributed by atoms with Gasteiger partial charge in [0.2, 0.25) is 5.91 Å². The molecule has 1 saturated heterocycles. The minimum absolute atomic E-state index is 0.0391. The second kappa shape index (κ2) is 10.8. The average Bonchev–Trinajstić information content (AvgIpc) is 2.79. The average molecular weight is 447 g/mol. The summed E-state index contributed by atoms with van der Waals surface area (Å²) in [5.74, 6) is -0.474. The van der Waals surface area contributed by atoms with E-state index in [1.54, 1.807) is 18.2 Å². The zero-order chi connectivity index (χ0) is 23.1. The van der Waals surface area contributed by atoms with Crippen molar-refractivity contribution in [2.75, 3.05) is 31.6 Å². The van der Waals surface area contributed by atoms with Crippen LogP contribution < -0.4 is 19.7 Å². The molecule has 2 aromatic carbocycles. The van der Waals surface area contributed by atoms with Crippen molar-refractivity contribution in [3.8, 4) is 17.6 Å². The minimum Gasteiger partial charge on any atom is -0.493 e. The maximum Gasteiger partial charge on any atom is 0.387 e. The fourth-order valence-electron chi connectivity index (χ4n) is 3.79. The highest BCUT2D eigenvalue weighted by molar-refractivity contribution is 5.79. The van der Waals surface area contributed by atoms with E-state index < -0.39 is 12.4 Å². The van der Waals surface area contributed by atoms with E-state index in [0.29, 0.717) is 44.6 Å². The minimum atomic E-state index is -2.94. The quantitative estimate of drug-likeness (QED) is 0.665. The van der Waals surface area contributed by atoms with Gasteiger partial charge in [-0.15, -0.1) is 0 Å². The zero-order valence-electron chi connectivity index (χ0n) is 17.6. The fourth-order valence-corrected chi connectivity index (χ4v) is 3.79. The lowest BCUT2D eigenvalue weighted by molar-refractivity contribution is -0.125. The molecule has 0 saturated carbocycles. The first-order valence-corrected chi connectivity index (χ1v) is 10.2. The smallest absolute Gasteiger partial charge is 0.387 e. The van der Waals surface area contributed by atoms with Crippen LogP contribution in [-0.2, 0) is 11.2 Å². The fraction of sp³-hybridized carbons (Fsp3) is 0.391. The van der Waals surface area contributed by atoms with Crippen LogP contribution in [0.5, 0.6) is 11.5 Å². The van der Waals surface area contributed by atoms with Crippen LogP contribution in [0.2, 0.25) is 0 Å². The first-order valence-electron chi connectivity index (χ1n) is 10.2. The maximum absolute atomic E-state index is 13.4. The standard InChI is InChI=1S/C23H24F3N3O3/c1-31-21-12-15(2-5-20(21)32-23(25)26)6-9-28-22(30)16-7-10-29(11-8-16)19-4-3-18(24)13-17(19)14-27/h2-5,12-13,16,23H,6-11H2,1H3,(H,28,30). The molecule has 1 aliphatic heterocycles. The number of carbonyl (C=O) groups is 1. The Morgan fingerprint density at radius 3 is 2.62 bits per heavy atom. The van der Waals surface area contributed by atoms with Crippen molar-refractivity contribution in [1.82, 2.24) is 5.32 Å². The van der Waals surface area contributed by atoms with Gasteiger partial charge in [-0.3, -0.25) is 4.79 Å². The van der Waals surface area contributed by atoms with Gasteiger partial charge in [-0.25, -0.2) is 4.39 Å². The summed E-state index contributed by atoms with van der Waals surface area (Å²) in [4.78, 5) is 14.5. The molecule has 0 aromatic heterocycles. The van der Waals surface area contributed by atoms with E-state index in [2.05, 4.69) is 10.1 Å². The number of nitriles is 1. The van der Waals surface area contributed by atoms with Gasteiger partial charge < -0.3 is 19.7 Å². The first kappa shape index (κ1) is 23.3. The van der Waals surface area contributed by atoms with Crippen molar-refractivity contribution < 1.29 is 27.4 Å². The van der Waals surface area contributed by atoms with Gasteiger partial charge in [0.05, 0.1) is 18.4 Å². The molecule has 1 aliphatic rings. The Morgan fingerprint density at radius 1 is 1.22 bits per heavy atom. The number of piperidine rings is 1. The normalized spacial score (nSPS) is 14.2. The number of rotatable bonds is 8. The van der Waals surface area contributed by atoms with Crippen LogP contribution in [0.1, 0.15) is 24.0 Å². The number of benzene rings is 2. The second-order valence-corrected chi connectivity index (χ2v) is 7.44. The molecule has 1 fully saturated rings. The van der Waals surface area contributed by atoms with E-state index >= 15 is 0 Å². The SMILES string of the molecule is COc1cc(CCNC(=O)C2CCN(c3ccc(F)cc3C#N)CC2)ccc1OC(F)F. The highest BCUT2D eigenvalue weighted by atomic mass is 19.3. The number of halogens is 3. The molecule has 170 valence electrons. The molecular formula is C23H24F3N3O3. The second-order valence-electron chi connectivity index (χ2n) is 7.44. The van der Waals surface area contributed by atoms with E-state index in [4.69, 9.17) is 4.74 Å². The topological polar surface area (TPSA) is 74.6 Å². The summed E-state index contributed by atoms with van der Waals surface area (Å²) < 4.78 is 47.7. The van der Waals surface area contributed by atoms with Gasteiger partial charge in [-0.1, -0.05) is 6.07 Å². The predicted octanol–water partition coefficient (Wildman–Crippen LogP) is 3.88. The van der Waals surface area contributed by atoms with E-state index in [9.17, 15) is 23.2 Å². The summed E-state index contributed by atoms with van der Waals surface area (Å²) in [6.07, 6.45) is 1.76. The number of methoxy groups -OCH3 is 1. The third-order valence-electron chi connectivity index (χ3n) is 5.44. The van der Waals surface area contributed by atoms with Crippen molar-refractivity contribution in [2.45, 2.75) is 25.9 Å². The zero-order valence-corrected chi connectivity index (χ0v) is 17.6. The maximum atomic E-state index is 13.4. The molecule has 1 N–H and O–H groups in total. The number of nitrogens with one attached hydrogen (secondary N) is 1. The van der Waals surface area contributed by atoms with Crippen LogP contribution >= 0.6 is 0 Å². The Kier molecular flexibility index (Phi) is 7.82. The lowest BCUT2D eigenvalue weighted by atomic mass is 9.95. The van der Waals surface area contributed by atoms with Gasteiger partial charge >= 0.3 is 6.61 Å². The van der Waals surface area contributed by atoms with Crippen molar-refractivity contribution in [1.29, 1.82) is 5.26 Å². The molecule has 0 bridgehead atoms. The number of nitrogens with zero attached hydrogens (tertiary/aromatic N) is 2. The Labute approximate surface area is 184 Å². The third-order valence-corrected chi connectivity index (χ3v) is 5.44. The number of alkyl halides is 2. The van der Waals surface area contributed by atoms with Crippen molar-refractivity contribution in [3.63, 3.8) is 0 Å². The molecule has 2 aromatic rings. The lowest BCUT2D eigenvalue weighted by Gasteiger charge is -2.33. The first-order chi connectivity index (χ1) is 15.4. The molecular weight excluding hydrogens is 423 g/mol. The molecule has 1 amide bonds. The number of amides is 1. The van der Waals surface area contributed by atoms with Gasteiger partial charge in [-0.05, 0) is 55.2 Å². The molecule has 0 radical (unpaired) electrons. The Balaban J connectivity index is 1.48. The number of hydrogen-bond donors (Lipinski definition) is 1. The molecule has 6 nitrogen and oxygen atoms in total. The molecule has 0 unspecified atom stereocenters. The predicted molar refractivity (Wildman–Crippen MR) is 112 cm³/mol. The molecule has 0 aliphatic carbocycles. The molecule has 9 heteroatoms. The number of anilines is 1. The van der Waals surface area contributed by atoms with Gasteiger partial charge in [0.25, 0.3) is 0 Å². The highest BCUT2D eigenvalue weighted by Gasteiger charge is 2.26. The van der Waals surface area contributed by atoms with Gasteiger partial charge in [0.15, 0.2) is 11.5 Å². The Hall–Kier alpha value is -3.41. The van der Waals surface area contributed by atoms with Crippen LogP contribution in [0.25, 0.3) is 0 Å². The van der Waals surface area contributed by atoms with Crippen molar-refractivity contribution in [2.24, 2.45) is 5.92 Å². The van der Waals surface area contributed by atoms with Crippen LogP contribution in [0.4, 0.5) is 18.9 Å². The monoisotopic (exact) mass is 447 g/mol. The number of carbonyl (C=O) groups excluding carboxylic acids is 1.